The second-order valence-electron chi connectivity index (χ2n) is 9.92. The monoisotopic (exact) mass is 459 g/mol. The number of thioether (sulfide) groups is 1. The maximum Gasteiger partial charge on any atom is 0.264 e. The summed E-state index contributed by atoms with van der Waals surface area (Å²) in [5.74, 6) is -0.100. The Labute approximate surface area is 201 Å². The first-order valence-corrected chi connectivity index (χ1v) is 12.3. The van der Waals surface area contributed by atoms with Gasteiger partial charge in [0.1, 0.15) is 0 Å². The number of aryl methyl sites for hydroxylation is 3. The minimum atomic E-state index is -0.100. The Kier molecular flexibility index (Phi) is 6.04. The molecule has 0 radical (unpaired) electrons. The van der Waals surface area contributed by atoms with Crippen molar-refractivity contribution in [1.29, 1.82) is 0 Å². The summed E-state index contributed by atoms with van der Waals surface area (Å²) in [7, 11) is 0. The van der Waals surface area contributed by atoms with Gasteiger partial charge in [-0.3, -0.25) is 4.79 Å². The molecule has 1 saturated heterocycles. The highest BCUT2D eigenvalue weighted by Crippen LogP contribution is 2.42. The molecule has 0 unspecified atom stereocenters. The molecule has 2 heterocycles. The minimum Gasteiger partial charge on any atom is -0.360 e. The first-order chi connectivity index (χ1) is 15.5. The van der Waals surface area contributed by atoms with Crippen LogP contribution in [0.1, 0.15) is 62.4 Å². The van der Waals surface area contributed by atoms with Crippen LogP contribution in [0.5, 0.6) is 0 Å². The Morgan fingerprint density at radius 2 is 1.76 bits per heavy atom. The summed E-state index contributed by atoms with van der Waals surface area (Å²) < 4.78 is 0. The number of nitrogens with zero attached hydrogens (tertiary/aromatic N) is 2. The highest BCUT2D eigenvalue weighted by atomic mass is 32.2. The molecule has 0 aliphatic carbocycles. The van der Waals surface area contributed by atoms with Gasteiger partial charge in [-0.05, 0) is 125 Å². The van der Waals surface area contributed by atoms with Gasteiger partial charge in [-0.25, -0.2) is 4.99 Å². The fourth-order valence-corrected chi connectivity index (χ4v) is 5.68. The molecule has 0 atom stereocenters. The molecule has 0 spiro atoms. The lowest BCUT2D eigenvalue weighted by Crippen LogP contribution is -2.49. The molecule has 0 saturated carbocycles. The van der Waals surface area contributed by atoms with Crippen LogP contribution in [0.15, 0.2) is 46.3 Å². The average molecular weight is 460 g/mol. The van der Waals surface area contributed by atoms with Crippen molar-refractivity contribution < 1.29 is 4.79 Å². The number of carbonyl (C=O) groups is 1. The second kappa shape index (κ2) is 8.53. The summed E-state index contributed by atoms with van der Waals surface area (Å²) in [5, 5.41) is 3.54. The van der Waals surface area contributed by atoms with Gasteiger partial charge < -0.3 is 10.2 Å². The van der Waals surface area contributed by atoms with E-state index in [1.165, 1.54) is 39.7 Å². The first-order valence-electron chi connectivity index (χ1n) is 11.5. The number of aliphatic imine (C=N–C) groups is 1. The highest BCUT2D eigenvalue weighted by Gasteiger charge is 2.33. The van der Waals surface area contributed by atoms with Crippen LogP contribution in [-0.2, 0) is 4.79 Å². The molecule has 4 nitrogen and oxygen atoms in total. The maximum absolute atomic E-state index is 12.7. The minimum absolute atomic E-state index is 0.0431. The molecule has 1 N–H and O–H groups in total. The van der Waals surface area contributed by atoms with Crippen molar-refractivity contribution in [2.75, 3.05) is 4.90 Å². The number of benzene rings is 2. The molecule has 2 aliphatic rings. The SMILES string of the molecule is CC1=CC(C)(C)N(C(C)C)c2cc(C)c(/C=C3\SC(=Nc4ccc(C)c(C)c4)NC3=O)cc21. The van der Waals surface area contributed by atoms with Crippen molar-refractivity contribution in [2.45, 2.75) is 67.0 Å². The molecule has 1 fully saturated rings. The maximum atomic E-state index is 12.7. The van der Waals surface area contributed by atoms with Crippen molar-refractivity contribution in [3.8, 4) is 0 Å². The summed E-state index contributed by atoms with van der Waals surface area (Å²) in [5.41, 5.74) is 9.21. The second-order valence-corrected chi connectivity index (χ2v) is 11.0. The van der Waals surface area contributed by atoms with E-state index in [9.17, 15) is 4.79 Å². The van der Waals surface area contributed by atoms with Crippen LogP contribution in [0.4, 0.5) is 11.4 Å². The van der Waals surface area contributed by atoms with Crippen molar-refractivity contribution >= 4 is 45.9 Å². The summed E-state index contributed by atoms with van der Waals surface area (Å²) >= 11 is 1.40. The van der Waals surface area contributed by atoms with Crippen LogP contribution in [0, 0.1) is 20.8 Å². The zero-order chi connectivity index (χ0) is 24.1. The van der Waals surface area contributed by atoms with Crippen LogP contribution >= 0.6 is 11.8 Å². The Morgan fingerprint density at radius 1 is 1.03 bits per heavy atom. The van der Waals surface area contributed by atoms with E-state index in [1.54, 1.807) is 0 Å². The third-order valence-corrected chi connectivity index (χ3v) is 7.34. The third kappa shape index (κ3) is 4.51. The Balaban J connectivity index is 1.69. The number of carbonyl (C=O) groups excluding carboxylic acids is 1. The van der Waals surface area contributed by atoms with Gasteiger partial charge in [0.25, 0.3) is 5.91 Å². The van der Waals surface area contributed by atoms with E-state index in [0.29, 0.717) is 16.1 Å². The molecule has 4 rings (SSSR count). The predicted octanol–water partition coefficient (Wildman–Crippen LogP) is 6.91. The number of allylic oxidation sites excluding steroid dienone is 1. The van der Waals surface area contributed by atoms with Gasteiger partial charge in [0.2, 0.25) is 0 Å². The molecule has 2 aromatic rings. The van der Waals surface area contributed by atoms with Crippen LogP contribution in [0.3, 0.4) is 0 Å². The van der Waals surface area contributed by atoms with Crippen LogP contribution in [-0.4, -0.2) is 22.7 Å². The van der Waals surface area contributed by atoms with E-state index in [2.05, 4.69) is 94.9 Å². The van der Waals surface area contributed by atoms with Gasteiger partial charge in [0.15, 0.2) is 5.17 Å². The number of fused-ring (bicyclic) bond motifs is 1. The van der Waals surface area contributed by atoms with Crippen molar-refractivity contribution in [2.24, 2.45) is 4.99 Å². The van der Waals surface area contributed by atoms with E-state index in [4.69, 9.17) is 0 Å². The quantitative estimate of drug-likeness (QED) is 0.507. The smallest absolute Gasteiger partial charge is 0.264 e. The number of amidine groups is 1. The Morgan fingerprint density at radius 3 is 2.42 bits per heavy atom. The van der Waals surface area contributed by atoms with E-state index < -0.39 is 0 Å². The summed E-state index contributed by atoms with van der Waals surface area (Å²) in [4.78, 5) is 20.5. The zero-order valence-electron chi connectivity index (χ0n) is 20.8. The molecule has 1 amide bonds. The molecule has 0 bridgehead atoms. The van der Waals surface area contributed by atoms with E-state index in [1.807, 2.05) is 18.2 Å². The fraction of sp³-hybridized carbons (Fsp3) is 0.357. The number of hydrogen-bond acceptors (Lipinski definition) is 4. The van der Waals surface area contributed by atoms with E-state index >= 15 is 0 Å². The molecule has 172 valence electrons. The number of rotatable bonds is 3. The standard InChI is InChI=1S/C28H33N3OS/c1-16(2)31-24-12-19(5)21(13-23(24)20(6)15-28(31,7)8)14-25-26(32)30-27(33-25)29-22-10-9-17(3)18(4)11-22/h9-16H,1-8H3,(H,29,30,32)/b25-14-. The third-order valence-electron chi connectivity index (χ3n) is 6.43. The fourth-order valence-electron chi connectivity index (χ4n) is 4.85. The lowest BCUT2D eigenvalue weighted by atomic mass is 9.86. The topological polar surface area (TPSA) is 44.7 Å². The number of anilines is 1. The zero-order valence-corrected chi connectivity index (χ0v) is 21.6. The van der Waals surface area contributed by atoms with Gasteiger partial charge in [0, 0.05) is 17.3 Å². The van der Waals surface area contributed by atoms with Crippen LogP contribution in [0.2, 0.25) is 0 Å². The number of nitrogens with one attached hydrogen (secondary N) is 1. The molecule has 33 heavy (non-hydrogen) atoms. The van der Waals surface area contributed by atoms with E-state index in [-0.39, 0.29) is 11.4 Å². The summed E-state index contributed by atoms with van der Waals surface area (Å²) in [6, 6.07) is 10.9. The normalized spacial score (nSPS) is 19.8. The summed E-state index contributed by atoms with van der Waals surface area (Å²) in [6.07, 6.45) is 4.33. The molecule has 0 aromatic heterocycles. The van der Waals surface area contributed by atoms with Crippen LogP contribution in [0.25, 0.3) is 11.6 Å². The Bertz CT molecular complexity index is 1230. The van der Waals surface area contributed by atoms with Gasteiger partial charge >= 0.3 is 0 Å². The largest absolute Gasteiger partial charge is 0.360 e. The molecular formula is C28H33N3OS. The Hall–Kier alpha value is -2.79. The number of hydrogen-bond donors (Lipinski definition) is 1. The van der Waals surface area contributed by atoms with Crippen molar-refractivity contribution in [1.82, 2.24) is 5.32 Å². The van der Waals surface area contributed by atoms with Gasteiger partial charge in [-0.1, -0.05) is 12.1 Å². The predicted molar refractivity (Wildman–Crippen MR) is 143 cm³/mol. The highest BCUT2D eigenvalue weighted by molar-refractivity contribution is 8.18. The molecule has 2 aliphatic heterocycles. The average Bonchev–Trinajstić information content (AvgIpc) is 3.03. The van der Waals surface area contributed by atoms with Crippen molar-refractivity contribution in [3.05, 3.63) is 69.1 Å². The van der Waals surface area contributed by atoms with Crippen molar-refractivity contribution in [3.63, 3.8) is 0 Å². The lowest BCUT2D eigenvalue weighted by Gasteiger charge is -2.46. The molecule has 2 aromatic carbocycles. The molecular weight excluding hydrogens is 426 g/mol. The summed E-state index contributed by atoms with van der Waals surface area (Å²) in [6.45, 7) is 17.5. The van der Waals surface area contributed by atoms with Crippen LogP contribution < -0.4 is 10.2 Å². The van der Waals surface area contributed by atoms with Gasteiger partial charge in [-0.2, -0.15) is 0 Å². The van der Waals surface area contributed by atoms with Gasteiger partial charge in [-0.15, -0.1) is 0 Å². The lowest BCUT2D eigenvalue weighted by molar-refractivity contribution is -0.115. The van der Waals surface area contributed by atoms with E-state index in [0.717, 1.165) is 16.8 Å². The first kappa shape index (κ1) is 23.4. The molecule has 5 heteroatoms. The number of amides is 1. The van der Waals surface area contributed by atoms with Gasteiger partial charge in [0.05, 0.1) is 16.1 Å².